The Kier molecular flexibility index (Phi) is 9.20. The second-order valence-corrected chi connectivity index (χ2v) is 9.09. The van der Waals surface area contributed by atoms with Crippen molar-refractivity contribution in [2.75, 3.05) is 25.0 Å². The van der Waals surface area contributed by atoms with Crippen molar-refractivity contribution in [3.8, 4) is 5.75 Å². The van der Waals surface area contributed by atoms with E-state index >= 15 is 0 Å². The lowest BCUT2D eigenvalue weighted by Gasteiger charge is -2.27. The SMILES string of the molecule is CCCC(C)(N)C(=O)Nc1ccc(OCC)c(S(=O)(=O)N2CCCCC2)c1.Cl. The van der Waals surface area contributed by atoms with Gasteiger partial charge in [0.25, 0.3) is 0 Å². The smallest absolute Gasteiger partial charge is 0.246 e. The third-order valence-corrected chi connectivity index (χ3v) is 6.64. The van der Waals surface area contributed by atoms with E-state index in [4.69, 9.17) is 10.5 Å². The zero-order valence-electron chi connectivity index (χ0n) is 16.9. The molecule has 1 fully saturated rings. The van der Waals surface area contributed by atoms with Crippen molar-refractivity contribution in [3.63, 3.8) is 0 Å². The normalized spacial score (nSPS) is 17.3. The van der Waals surface area contributed by atoms with Gasteiger partial charge in [0.15, 0.2) is 0 Å². The highest BCUT2D eigenvalue weighted by Gasteiger charge is 2.31. The standard InChI is InChI=1S/C19H31N3O4S.ClH/c1-4-11-19(3,20)18(23)21-15-9-10-16(26-5-2)17(14-15)27(24,25)22-12-7-6-8-13-22;/h9-10,14H,4-8,11-13,20H2,1-3H3,(H,21,23);1H. The van der Waals surface area contributed by atoms with Crippen molar-refractivity contribution in [2.24, 2.45) is 5.73 Å². The molecule has 0 aliphatic carbocycles. The number of anilines is 1. The molecule has 3 N–H and O–H groups in total. The fraction of sp³-hybridized carbons (Fsp3) is 0.632. The van der Waals surface area contributed by atoms with Crippen LogP contribution in [0.1, 0.15) is 52.9 Å². The van der Waals surface area contributed by atoms with Crippen LogP contribution in [0.3, 0.4) is 0 Å². The minimum absolute atomic E-state index is 0. The molecule has 1 amide bonds. The number of rotatable bonds is 8. The molecule has 9 heteroatoms. The fourth-order valence-corrected chi connectivity index (χ4v) is 4.89. The van der Waals surface area contributed by atoms with E-state index in [1.54, 1.807) is 26.0 Å². The van der Waals surface area contributed by atoms with Crippen molar-refractivity contribution >= 4 is 34.0 Å². The summed E-state index contributed by atoms with van der Waals surface area (Å²) in [7, 11) is -3.69. The Hall–Kier alpha value is -1.35. The second kappa shape index (κ2) is 10.4. The molecule has 1 aliphatic rings. The summed E-state index contributed by atoms with van der Waals surface area (Å²) >= 11 is 0. The molecule has 0 aromatic heterocycles. The van der Waals surface area contributed by atoms with Crippen LogP contribution in [0.15, 0.2) is 23.1 Å². The molecule has 28 heavy (non-hydrogen) atoms. The number of carbonyl (C=O) groups excluding carboxylic acids is 1. The molecule has 0 saturated carbocycles. The molecule has 0 spiro atoms. The topological polar surface area (TPSA) is 102 Å². The minimum Gasteiger partial charge on any atom is -0.492 e. The maximum Gasteiger partial charge on any atom is 0.246 e. The van der Waals surface area contributed by atoms with Crippen LogP contribution in [0, 0.1) is 0 Å². The summed E-state index contributed by atoms with van der Waals surface area (Å²) in [5, 5.41) is 2.75. The van der Waals surface area contributed by atoms with Crippen LogP contribution in [0.25, 0.3) is 0 Å². The quantitative estimate of drug-likeness (QED) is 0.655. The van der Waals surface area contributed by atoms with Crippen LogP contribution in [0.2, 0.25) is 0 Å². The molecule has 1 aliphatic heterocycles. The molecular weight excluding hydrogens is 402 g/mol. The summed E-state index contributed by atoms with van der Waals surface area (Å²) in [6.45, 7) is 6.79. The van der Waals surface area contributed by atoms with Gasteiger partial charge in [0, 0.05) is 18.8 Å². The molecule has 1 atom stereocenters. The molecule has 1 heterocycles. The highest BCUT2D eigenvalue weighted by atomic mass is 35.5. The van der Waals surface area contributed by atoms with Gasteiger partial charge in [-0.25, -0.2) is 8.42 Å². The molecule has 2 rings (SSSR count). The van der Waals surface area contributed by atoms with E-state index < -0.39 is 15.6 Å². The van der Waals surface area contributed by atoms with Crippen molar-refractivity contribution in [1.29, 1.82) is 0 Å². The molecule has 1 unspecified atom stereocenters. The van der Waals surface area contributed by atoms with Crippen LogP contribution in [-0.4, -0.2) is 43.9 Å². The highest BCUT2D eigenvalue weighted by molar-refractivity contribution is 7.89. The zero-order chi connectivity index (χ0) is 20.1. The summed E-state index contributed by atoms with van der Waals surface area (Å²) in [4.78, 5) is 12.6. The largest absolute Gasteiger partial charge is 0.492 e. The van der Waals surface area contributed by atoms with Gasteiger partial charge in [-0.3, -0.25) is 4.79 Å². The molecular formula is C19H32ClN3O4S. The number of piperidine rings is 1. The molecule has 0 radical (unpaired) electrons. The van der Waals surface area contributed by atoms with Gasteiger partial charge < -0.3 is 15.8 Å². The number of ether oxygens (including phenoxy) is 1. The first-order valence-corrected chi connectivity index (χ1v) is 11.0. The van der Waals surface area contributed by atoms with Crippen molar-refractivity contribution in [2.45, 2.75) is 63.3 Å². The first-order chi connectivity index (χ1) is 12.7. The van der Waals surface area contributed by atoms with Gasteiger partial charge >= 0.3 is 0 Å². The van der Waals surface area contributed by atoms with Gasteiger partial charge in [0.1, 0.15) is 10.6 Å². The Labute approximate surface area is 174 Å². The predicted molar refractivity (Wildman–Crippen MR) is 114 cm³/mol. The van der Waals surface area contributed by atoms with Crippen molar-refractivity contribution in [1.82, 2.24) is 4.31 Å². The Balaban J connectivity index is 0.00000392. The number of amides is 1. The summed E-state index contributed by atoms with van der Waals surface area (Å²) in [5.41, 5.74) is 5.45. The van der Waals surface area contributed by atoms with Crippen LogP contribution < -0.4 is 15.8 Å². The van der Waals surface area contributed by atoms with Crippen LogP contribution in [0.4, 0.5) is 5.69 Å². The number of nitrogens with one attached hydrogen (secondary N) is 1. The van der Waals surface area contributed by atoms with Crippen molar-refractivity contribution < 1.29 is 17.9 Å². The van der Waals surface area contributed by atoms with E-state index in [9.17, 15) is 13.2 Å². The summed E-state index contributed by atoms with van der Waals surface area (Å²) in [6.07, 6.45) is 4.05. The van der Waals surface area contributed by atoms with Gasteiger partial charge in [0.05, 0.1) is 12.1 Å². The molecule has 160 valence electrons. The first kappa shape index (κ1) is 24.7. The Morgan fingerprint density at radius 2 is 1.89 bits per heavy atom. The van der Waals surface area contributed by atoms with Crippen LogP contribution in [0.5, 0.6) is 5.75 Å². The average Bonchev–Trinajstić information content (AvgIpc) is 2.63. The maximum atomic E-state index is 13.1. The maximum absolute atomic E-state index is 13.1. The lowest BCUT2D eigenvalue weighted by molar-refractivity contribution is -0.120. The van der Waals surface area contributed by atoms with E-state index in [1.807, 2.05) is 6.92 Å². The third kappa shape index (κ3) is 5.83. The Bertz CT molecular complexity index is 762. The van der Waals surface area contributed by atoms with Gasteiger partial charge in [-0.05, 0) is 51.3 Å². The van der Waals surface area contributed by atoms with Crippen molar-refractivity contribution in [3.05, 3.63) is 18.2 Å². The van der Waals surface area contributed by atoms with E-state index in [2.05, 4.69) is 5.32 Å². The van der Waals surface area contributed by atoms with Crippen LogP contribution >= 0.6 is 12.4 Å². The summed E-state index contributed by atoms with van der Waals surface area (Å²) in [6, 6.07) is 4.69. The van der Waals surface area contributed by atoms with Gasteiger partial charge in [-0.15, -0.1) is 12.4 Å². The average molecular weight is 434 g/mol. The monoisotopic (exact) mass is 433 g/mol. The fourth-order valence-electron chi connectivity index (χ4n) is 3.21. The molecule has 1 saturated heterocycles. The zero-order valence-corrected chi connectivity index (χ0v) is 18.5. The number of benzene rings is 1. The number of nitrogens with zero attached hydrogens (tertiary/aromatic N) is 1. The van der Waals surface area contributed by atoms with E-state index in [1.165, 1.54) is 10.4 Å². The van der Waals surface area contributed by atoms with Gasteiger partial charge in [-0.1, -0.05) is 19.8 Å². The van der Waals surface area contributed by atoms with Crippen LogP contribution in [-0.2, 0) is 14.8 Å². The third-order valence-electron chi connectivity index (χ3n) is 4.72. The number of nitrogens with two attached hydrogens (primary N) is 1. The minimum atomic E-state index is -3.69. The number of hydrogen-bond acceptors (Lipinski definition) is 5. The lowest BCUT2D eigenvalue weighted by atomic mass is 9.96. The first-order valence-electron chi connectivity index (χ1n) is 9.59. The number of hydrogen-bond donors (Lipinski definition) is 2. The molecule has 1 aromatic carbocycles. The van der Waals surface area contributed by atoms with Gasteiger partial charge in [0.2, 0.25) is 15.9 Å². The number of carbonyl (C=O) groups is 1. The van der Waals surface area contributed by atoms with E-state index in [0.717, 1.165) is 25.7 Å². The lowest BCUT2D eigenvalue weighted by Crippen LogP contribution is -2.48. The molecule has 7 nitrogen and oxygen atoms in total. The summed E-state index contributed by atoms with van der Waals surface area (Å²) in [5.74, 6) is -0.0417. The second-order valence-electron chi connectivity index (χ2n) is 7.18. The van der Waals surface area contributed by atoms with E-state index in [-0.39, 0.29) is 23.2 Å². The van der Waals surface area contributed by atoms with E-state index in [0.29, 0.717) is 37.6 Å². The molecule has 0 bridgehead atoms. The highest BCUT2D eigenvalue weighted by Crippen LogP contribution is 2.31. The number of sulfonamides is 1. The molecule has 1 aromatic rings. The Morgan fingerprint density at radius 1 is 1.25 bits per heavy atom. The van der Waals surface area contributed by atoms with Gasteiger partial charge in [-0.2, -0.15) is 4.31 Å². The Morgan fingerprint density at radius 3 is 2.46 bits per heavy atom. The number of halogens is 1. The summed E-state index contributed by atoms with van der Waals surface area (Å²) < 4.78 is 33.3. The predicted octanol–water partition coefficient (Wildman–Crippen LogP) is 3.14.